The maximum Gasteiger partial charge on any atom is 0.322 e. The van der Waals surface area contributed by atoms with Crippen LogP contribution in [0.1, 0.15) is 31.1 Å². The summed E-state index contributed by atoms with van der Waals surface area (Å²) in [5.41, 5.74) is 7.92. The molecule has 0 aliphatic carbocycles. The third kappa shape index (κ3) is 4.35. The fourth-order valence-electron chi connectivity index (χ4n) is 1.58. The van der Waals surface area contributed by atoms with Gasteiger partial charge in [0.25, 0.3) is 5.91 Å². The van der Waals surface area contributed by atoms with Crippen LogP contribution in [-0.4, -0.2) is 26.8 Å². The predicted molar refractivity (Wildman–Crippen MR) is 79.5 cm³/mol. The number of carbonyl (C=O) groups excluding carboxylic acids is 1. The van der Waals surface area contributed by atoms with Crippen molar-refractivity contribution in [3.8, 4) is 11.5 Å². The van der Waals surface area contributed by atoms with Gasteiger partial charge in [-0.15, -0.1) is 5.10 Å². The Morgan fingerprint density at radius 1 is 1.43 bits per heavy atom. The van der Waals surface area contributed by atoms with Gasteiger partial charge in [0.05, 0.1) is 0 Å². The highest BCUT2D eigenvalue weighted by molar-refractivity contribution is 6.03. The number of aromatic hydroxyl groups is 1. The summed E-state index contributed by atoms with van der Waals surface area (Å²) in [6.07, 6.45) is 0. The molecule has 1 heterocycles. The summed E-state index contributed by atoms with van der Waals surface area (Å²) in [7, 11) is 0. The van der Waals surface area contributed by atoms with Crippen LogP contribution in [0.4, 0.5) is 12.0 Å². The van der Waals surface area contributed by atoms with Crippen LogP contribution in [0.2, 0.25) is 0 Å². The van der Waals surface area contributed by atoms with Crippen molar-refractivity contribution in [2.45, 2.75) is 26.4 Å². The first-order valence-corrected chi connectivity index (χ1v) is 6.50. The summed E-state index contributed by atoms with van der Waals surface area (Å²) < 4.78 is 10.5. The predicted octanol–water partition coefficient (Wildman–Crippen LogP) is 3.15. The summed E-state index contributed by atoms with van der Waals surface area (Å²) in [5, 5.41) is 22.2. The molecule has 2 aromatic rings. The molecule has 1 amide bonds. The van der Waals surface area contributed by atoms with Crippen LogP contribution in [0.3, 0.4) is 0 Å². The normalized spacial score (nSPS) is 10.7. The largest absolute Gasteiger partial charge is 0.504 e. The van der Waals surface area contributed by atoms with E-state index in [-0.39, 0.29) is 29.1 Å². The molecule has 0 atom stereocenters. The highest BCUT2D eigenvalue weighted by Gasteiger charge is 2.18. The van der Waals surface area contributed by atoms with Gasteiger partial charge in [0.15, 0.2) is 11.5 Å². The molecule has 2 N–H and O–H groups in total. The Bertz CT molecular complexity index is 773. The molecular formula is C13H14N6O4. The van der Waals surface area contributed by atoms with Crippen LogP contribution < -0.4 is 10.1 Å². The lowest BCUT2D eigenvalue weighted by Gasteiger charge is -2.22. The van der Waals surface area contributed by atoms with Gasteiger partial charge in [-0.3, -0.25) is 10.1 Å². The monoisotopic (exact) mass is 318 g/mol. The minimum absolute atomic E-state index is 0.0834. The molecule has 0 aliphatic rings. The van der Waals surface area contributed by atoms with Crippen molar-refractivity contribution in [2.24, 2.45) is 5.11 Å². The molecule has 1 aromatic carbocycles. The molecule has 0 fully saturated rings. The summed E-state index contributed by atoms with van der Waals surface area (Å²) in [4.78, 5) is 14.6. The maximum absolute atomic E-state index is 12.1. The summed E-state index contributed by atoms with van der Waals surface area (Å²) in [5.74, 6) is -0.467. The van der Waals surface area contributed by atoms with Crippen molar-refractivity contribution in [3.63, 3.8) is 0 Å². The number of benzene rings is 1. The zero-order valence-electron chi connectivity index (χ0n) is 12.6. The number of ether oxygens (including phenoxy) is 1. The zero-order chi connectivity index (χ0) is 17.0. The topological polar surface area (TPSA) is 146 Å². The Labute approximate surface area is 130 Å². The van der Waals surface area contributed by atoms with E-state index in [1.54, 1.807) is 0 Å². The van der Waals surface area contributed by atoms with Crippen molar-refractivity contribution < 1.29 is 19.1 Å². The molecule has 10 heteroatoms. The van der Waals surface area contributed by atoms with Crippen molar-refractivity contribution in [1.29, 1.82) is 0 Å². The van der Waals surface area contributed by atoms with E-state index in [0.29, 0.717) is 0 Å². The van der Waals surface area contributed by atoms with Gasteiger partial charge in [-0.25, -0.2) is 0 Å². The number of carbonyl (C=O) groups is 1. The van der Waals surface area contributed by atoms with Gasteiger partial charge in [-0.05, 0) is 44.5 Å². The molecule has 0 spiro atoms. The van der Waals surface area contributed by atoms with E-state index >= 15 is 0 Å². The van der Waals surface area contributed by atoms with Crippen LogP contribution in [0, 0.1) is 0 Å². The molecule has 120 valence electrons. The highest BCUT2D eigenvalue weighted by atomic mass is 16.5. The number of amides is 1. The molecule has 0 saturated heterocycles. The fourth-order valence-corrected chi connectivity index (χ4v) is 1.58. The number of aromatic nitrogens is 2. The van der Waals surface area contributed by atoms with Crippen LogP contribution in [-0.2, 0) is 0 Å². The number of hydrogen-bond donors (Lipinski definition) is 2. The number of azide groups is 1. The van der Waals surface area contributed by atoms with E-state index in [1.165, 1.54) is 18.2 Å². The first-order chi connectivity index (χ1) is 10.8. The smallest absolute Gasteiger partial charge is 0.322 e. The van der Waals surface area contributed by atoms with E-state index in [2.05, 4.69) is 25.5 Å². The standard InChI is InChI=1S/C13H14N6O4/c1-13(2,3)23-9-6-7(4-5-8(9)20)10(21)15-11-16-17-12(22-11)18-19-14/h4-6,20H,1-3H3,(H,15,16,21). The molecule has 23 heavy (non-hydrogen) atoms. The summed E-state index contributed by atoms with van der Waals surface area (Å²) >= 11 is 0. The van der Waals surface area contributed by atoms with Crippen LogP contribution in [0.5, 0.6) is 11.5 Å². The average molecular weight is 318 g/mol. The average Bonchev–Trinajstić information content (AvgIpc) is 2.87. The minimum atomic E-state index is -0.556. The van der Waals surface area contributed by atoms with Crippen LogP contribution in [0.25, 0.3) is 10.4 Å². The quantitative estimate of drug-likeness (QED) is 0.503. The minimum Gasteiger partial charge on any atom is -0.504 e. The number of hydrogen-bond acceptors (Lipinski definition) is 7. The number of nitrogens with zero attached hydrogens (tertiary/aromatic N) is 5. The molecular weight excluding hydrogens is 304 g/mol. The van der Waals surface area contributed by atoms with Gasteiger partial charge in [0.1, 0.15) is 5.60 Å². The van der Waals surface area contributed by atoms with Crippen molar-refractivity contribution in [3.05, 3.63) is 34.2 Å². The number of rotatable bonds is 4. The molecule has 0 aliphatic heterocycles. The first-order valence-electron chi connectivity index (χ1n) is 6.50. The van der Waals surface area contributed by atoms with Crippen molar-refractivity contribution in [2.75, 3.05) is 5.32 Å². The van der Waals surface area contributed by atoms with Gasteiger partial charge in [0, 0.05) is 15.6 Å². The molecule has 0 unspecified atom stereocenters. The lowest BCUT2D eigenvalue weighted by molar-refractivity contribution is 0.101. The maximum atomic E-state index is 12.1. The molecule has 0 saturated carbocycles. The lowest BCUT2D eigenvalue weighted by Crippen LogP contribution is -2.23. The molecule has 2 rings (SSSR count). The van der Waals surface area contributed by atoms with Gasteiger partial charge in [0.2, 0.25) is 0 Å². The van der Waals surface area contributed by atoms with E-state index in [0.717, 1.165) is 0 Å². The number of phenols is 1. The third-order valence-corrected chi connectivity index (χ3v) is 2.40. The number of anilines is 1. The van der Waals surface area contributed by atoms with Gasteiger partial charge in [-0.2, -0.15) is 0 Å². The Morgan fingerprint density at radius 3 is 2.83 bits per heavy atom. The fraction of sp³-hybridized carbons (Fsp3) is 0.308. The lowest BCUT2D eigenvalue weighted by atomic mass is 10.1. The van der Waals surface area contributed by atoms with E-state index in [1.807, 2.05) is 20.8 Å². The number of phenolic OH excluding ortho intramolecular Hbond substituents is 1. The summed E-state index contributed by atoms with van der Waals surface area (Å²) in [6.45, 7) is 5.44. The van der Waals surface area contributed by atoms with Crippen molar-refractivity contribution in [1.82, 2.24) is 10.2 Å². The van der Waals surface area contributed by atoms with Gasteiger partial charge in [-0.1, -0.05) is 5.10 Å². The first kappa shape index (κ1) is 16.1. The van der Waals surface area contributed by atoms with Gasteiger partial charge < -0.3 is 14.3 Å². The van der Waals surface area contributed by atoms with E-state index < -0.39 is 11.5 Å². The molecule has 0 bridgehead atoms. The second-order valence-electron chi connectivity index (χ2n) is 5.43. The Morgan fingerprint density at radius 2 is 2.17 bits per heavy atom. The van der Waals surface area contributed by atoms with Crippen LogP contribution >= 0.6 is 0 Å². The summed E-state index contributed by atoms with van der Waals surface area (Å²) in [6, 6.07) is 3.61. The Kier molecular flexibility index (Phi) is 4.37. The van der Waals surface area contributed by atoms with Gasteiger partial charge >= 0.3 is 12.0 Å². The van der Waals surface area contributed by atoms with Crippen molar-refractivity contribution >= 4 is 17.9 Å². The second-order valence-corrected chi connectivity index (χ2v) is 5.43. The van der Waals surface area contributed by atoms with Crippen LogP contribution in [0.15, 0.2) is 27.7 Å². The van der Waals surface area contributed by atoms with E-state index in [9.17, 15) is 9.90 Å². The zero-order valence-corrected chi connectivity index (χ0v) is 12.6. The SMILES string of the molecule is CC(C)(C)Oc1cc(C(=O)Nc2nnc(N=[N+]=[N-])o2)ccc1O. The molecule has 1 aromatic heterocycles. The van der Waals surface area contributed by atoms with E-state index in [4.69, 9.17) is 14.7 Å². The Hall–Kier alpha value is -3.26. The highest BCUT2D eigenvalue weighted by Crippen LogP contribution is 2.30. The molecule has 0 radical (unpaired) electrons. The number of nitrogens with one attached hydrogen (secondary N) is 1. The third-order valence-electron chi connectivity index (χ3n) is 2.40. The second kappa shape index (κ2) is 6.24. The Balaban J connectivity index is 2.18. The molecule has 10 nitrogen and oxygen atoms in total.